The van der Waals surface area contributed by atoms with E-state index in [-0.39, 0.29) is 0 Å². The lowest BCUT2D eigenvalue weighted by Crippen LogP contribution is -1.99. The van der Waals surface area contributed by atoms with Crippen molar-refractivity contribution in [3.63, 3.8) is 0 Å². The molecule has 0 aliphatic rings. The SMILES string of the molecule is CCC(CSc1cccs1)c1ccccc1. The molecule has 0 aliphatic carbocycles. The maximum atomic E-state index is 2.27. The number of thiophene rings is 1. The summed E-state index contributed by atoms with van der Waals surface area (Å²) >= 11 is 3.81. The molecule has 0 radical (unpaired) electrons. The Kier molecular flexibility index (Phi) is 4.49. The molecule has 1 heterocycles. The number of hydrogen-bond acceptors (Lipinski definition) is 2. The lowest BCUT2D eigenvalue weighted by Gasteiger charge is -2.14. The van der Waals surface area contributed by atoms with Gasteiger partial charge in [-0.3, -0.25) is 0 Å². The summed E-state index contributed by atoms with van der Waals surface area (Å²) in [7, 11) is 0. The first-order valence-electron chi connectivity index (χ1n) is 5.61. The zero-order valence-corrected chi connectivity index (χ0v) is 11.1. The van der Waals surface area contributed by atoms with E-state index in [1.807, 2.05) is 23.1 Å². The molecule has 0 spiro atoms. The van der Waals surface area contributed by atoms with Crippen LogP contribution in [0.2, 0.25) is 0 Å². The van der Waals surface area contributed by atoms with Gasteiger partial charge in [0.2, 0.25) is 0 Å². The van der Waals surface area contributed by atoms with Gasteiger partial charge >= 0.3 is 0 Å². The van der Waals surface area contributed by atoms with Crippen LogP contribution in [0.25, 0.3) is 0 Å². The summed E-state index contributed by atoms with van der Waals surface area (Å²) in [6, 6.07) is 15.2. The first-order chi connectivity index (χ1) is 7.90. The lowest BCUT2D eigenvalue weighted by molar-refractivity contribution is 0.744. The molecule has 1 atom stereocenters. The van der Waals surface area contributed by atoms with Gasteiger partial charge < -0.3 is 0 Å². The molecule has 0 saturated carbocycles. The minimum absolute atomic E-state index is 0.674. The van der Waals surface area contributed by atoms with E-state index >= 15 is 0 Å². The standard InChI is InChI=1S/C14H16S2/c1-2-12(13-7-4-3-5-8-13)11-16-14-9-6-10-15-14/h3-10,12H,2,11H2,1H3. The zero-order chi connectivity index (χ0) is 11.2. The monoisotopic (exact) mass is 248 g/mol. The summed E-state index contributed by atoms with van der Waals surface area (Å²) in [5.74, 6) is 1.86. The van der Waals surface area contributed by atoms with Gasteiger partial charge in [0.25, 0.3) is 0 Å². The summed E-state index contributed by atoms with van der Waals surface area (Å²) in [4.78, 5) is 0. The van der Waals surface area contributed by atoms with Gasteiger partial charge in [-0.05, 0) is 29.3 Å². The molecule has 84 valence electrons. The third-order valence-electron chi connectivity index (χ3n) is 2.69. The quantitative estimate of drug-likeness (QED) is 0.668. The molecular weight excluding hydrogens is 232 g/mol. The molecule has 0 nitrogen and oxygen atoms in total. The van der Waals surface area contributed by atoms with Gasteiger partial charge in [0.15, 0.2) is 0 Å². The highest BCUT2D eigenvalue weighted by Crippen LogP contribution is 2.30. The number of hydrogen-bond donors (Lipinski definition) is 0. The normalized spacial score (nSPS) is 12.6. The van der Waals surface area contributed by atoms with E-state index < -0.39 is 0 Å². The fourth-order valence-electron chi connectivity index (χ4n) is 1.70. The Bertz CT molecular complexity index is 392. The molecule has 0 aliphatic heterocycles. The largest absolute Gasteiger partial charge is 0.137 e. The van der Waals surface area contributed by atoms with Crippen LogP contribution in [-0.2, 0) is 0 Å². The van der Waals surface area contributed by atoms with Crippen LogP contribution in [0.4, 0.5) is 0 Å². The fourth-order valence-corrected chi connectivity index (χ4v) is 3.76. The van der Waals surface area contributed by atoms with Crippen molar-refractivity contribution in [3.8, 4) is 0 Å². The predicted octanol–water partition coefficient (Wildman–Crippen LogP) is 5.03. The number of thioether (sulfide) groups is 1. The van der Waals surface area contributed by atoms with Crippen LogP contribution in [0.15, 0.2) is 52.1 Å². The van der Waals surface area contributed by atoms with E-state index in [9.17, 15) is 0 Å². The molecule has 2 heteroatoms. The van der Waals surface area contributed by atoms with Crippen molar-refractivity contribution in [2.75, 3.05) is 5.75 Å². The van der Waals surface area contributed by atoms with Crippen molar-refractivity contribution in [2.45, 2.75) is 23.5 Å². The molecule has 0 amide bonds. The fraction of sp³-hybridized carbons (Fsp3) is 0.286. The van der Waals surface area contributed by atoms with Crippen LogP contribution in [0, 0.1) is 0 Å². The van der Waals surface area contributed by atoms with E-state index in [4.69, 9.17) is 0 Å². The Balaban J connectivity index is 1.96. The summed E-state index contributed by atoms with van der Waals surface area (Å²) in [6.07, 6.45) is 1.21. The molecule has 0 bridgehead atoms. The van der Waals surface area contributed by atoms with Crippen molar-refractivity contribution in [2.24, 2.45) is 0 Å². The average Bonchev–Trinajstić information content (AvgIpc) is 2.84. The topological polar surface area (TPSA) is 0 Å². The Morgan fingerprint density at radius 1 is 1.12 bits per heavy atom. The van der Waals surface area contributed by atoms with Crippen molar-refractivity contribution in [3.05, 3.63) is 53.4 Å². The highest BCUT2D eigenvalue weighted by atomic mass is 32.2. The first-order valence-corrected chi connectivity index (χ1v) is 7.48. The van der Waals surface area contributed by atoms with Crippen molar-refractivity contribution in [1.29, 1.82) is 0 Å². The maximum Gasteiger partial charge on any atom is 0.0598 e. The van der Waals surface area contributed by atoms with Crippen molar-refractivity contribution >= 4 is 23.1 Å². The molecule has 0 saturated heterocycles. The van der Waals surface area contributed by atoms with Gasteiger partial charge in [0.1, 0.15) is 0 Å². The van der Waals surface area contributed by atoms with E-state index in [1.54, 1.807) is 0 Å². The van der Waals surface area contributed by atoms with Crippen LogP contribution in [0.5, 0.6) is 0 Å². The third-order valence-corrected chi connectivity index (χ3v) is 4.98. The van der Waals surface area contributed by atoms with Crippen LogP contribution in [0.1, 0.15) is 24.8 Å². The van der Waals surface area contributed by atoms with E-state index in [0.717, 1.165) is 0 Å². The van der Waals surface area contributed by atoms with Gasteiger partial charge in [-0.2, -0.15) is 0 Å². The van der Waals surface area contributed by atoms with Crippen LogP contribution in [0.3, 0.4) is 0 Å². The predicted molar refractivity (Wildman–Crippen MR) is 74.5 cm³/mol. The van der Waals surface area contributed by atoms with E-state index in [1.165, 1.54) is 21.9 Å². The Morgan fingerprint density at radius 2 is 1.94 bits per heavy atom. The van der Waals surface area contributed by atoms with E-state index in [0.29, 0.717) is 5.92 Å². The maximum absolute atomic E-state index is 2.27. The Morgan fingerprint density at radius 3 is 2.56 bits per heavy atom. The lowest BCUT2D eigenvalue weighted by atomic mass is 9.99. The summed E-state index contributed by atoms with van der Waals surface area (Å²) in [6.45, 7) is 2.27. The number of benzene rings is 1. The van der Waals surface area contributed by atoms with Crippen LogP contribution < -0.4 is 0 Å². The molecule has 16 heavy (non-hydrogen) atoms. The van der Waals surface area contributed by atoms with Gasteiger partial charge in [-0.25, -0.2) is 0 Å². The third kappa shape index (κ3) is 3.13. The minimum Gasteiger partial charge on any atom is -0.137 e. The second-order valence-corrected chi connectivity index (χ2v) is 6.03. The molecule has 1 unspecified atom stereocenters. The second kappa shape index (κ2) is 6.12. The summed E-state index contributed by atoms with van der Waals surface area (Å²) < 4.78 is 1.43. The van der Waals surface area contributed by atoms with Crippen LogP contribution >= 0.6 is 23.1 Å². The van der Waals surface area contributed by atoms with Gasteiger partial charge in [0.05, 0.1) is 4.21 Å². The highest BCUT2D eigenvalue weighted by Gasteiger charge is 2.09. The van der Waals surface area contributed by atoms with Gasteiger partial charge in [-0.1, -0.05) is 43.3 Å². The molecule has 2 aromatic rings. The van der Waals surface area contributed by atoms with Crippen molar-refractivity contribution in [1.82, 2.24) is 0 Å². The second-order valence-electron chi connectivity index (χ2n) is 3.76. The molecular formula is C14H16S2. The Labute approximate surface area is 106 Å². The average molecular weight is 248 g/mol. The summed E-state index contributed by atoms with van der Waals surface area (Å²) in [5.41, 5.74) is 1.47. The van der Waals surface area contributed by atoms with Gasteiger partial charge in [0, 0.05) is 5.75 Å². The molecule has 1 aromatic carbocycles. The summed E-state index contributed by atoms with van der Waals surface area (Å²) in [5, 5.41) is 2.14. The van der Waals surface area contributed by atoms with Gasteiger partial charge in [-0.15, -0.1) is 23.1 Å². The molecule has 1 aromatic heterocycles. The number of rotatable bonds is 5. The highest BCUT2D eigenvalue weighted by molar-refractivity contribution is 8.01. The van der Waals surface area contributed by atoms with Crippen molar-refractivity contribution < 1.29 is 0 Å². The van der Waals surface area contributed by atoms with Crippen LogP contribution in [-0.4, -0.2) is 5.75 Å². The Hall–Kier alpha value is -0.730. The van der Waals surface area contributed by atoms with E-state index in [2.05, 4.69) is 54.8 Å². The molecule has 2 rings (SSSR count). The molecule has 0 N–H and O–H groups in total. The minimum atomic E-state index is 0.674. The molecule has 0 fully saturated rings. The zero-order valence-electron chi connectivity index (χ0n) is 9.43. The first kappa shape index (κ1) is 11.7. The smallest absolute Gasteiger partial charge is 0.0598 e.